The number of hydrogen-bond acceptors (Lipinski definition) is 5. The van der Waals surface area contributed by atoms with Gasteiger partial charge in [-0.3, -0.25) is 10.4 Å². The molecule has 0 bridgehead atoms. The maximum absolute atomic E-state index is 11.9. The molecular formula is C20H24N4O4. The van der Waals surface area contributed by atoms with Crippen molar-refractivity contribution in [2.75, 3.05) is 5.32 Å². The molecule has 1 aromatic carbocycles. The van der Waals surface area contributed by atoms with E-state index in [2.05, 4.69) is 20.8 Å². The monoisotopic (exact) mass is 384 g/mol. The molecule has 0 aliphatic heterocycles. The maximum atomic E-state index is 11.9. The first-order valence-electron chi connectivity index (χ1n) is 9.66. The molecule has 2 aromatic rings. The van der Waals surface area contributed by atoms with Crippen LogP contribution in [0, 0.1) is 0 Å². The van der Waals surface area contributed by atoms with Crippen LogP contribution in [0.15, 0.2) is 36.4 Å². The number of rotatable bonds is 6. The maximum Gasteiger partial charge on any atom is 0.413 e. The molecular weight excluding hydrogens is 360 g/mol. The van der Waals surface area contributed by atoms with Gasteiger partial charge in [-0.25, -0.2) is 9.59 Å². The van der Waals surface area contributed by atoms with Gasteiger partial charge >= 0.3 is 12.2 Å². The molecule has 1 heterocycles. The number of ether oxygens (including phenoxy) is 2. The first-order chi connectivity index (χ1) is 13.7. The third-order valence-electron chi connectivity index (χ3n) is 5.04. The van der Waals surface area contributed by atoms with E-state index in [0.29, 0.717) is 11.9 Å². The van der Waals surface area contributed by atoms with E-state index in [0.717, 1.165) is 43.4 Å². The number of H-pyrrole nitrogens is 1. The summed E-state index contributed by atoms with van der Waals surface area (Å²) in [6.45, 7) is 0.203. The largest absolute Gasteiger partial charge is 0.446 e. The van der Waals surface area contributed by atoms with Crippen molar-refractivity contribution in [1.82, 2.24) is 15.5 Å². The lowest BCUT2D eigenvalue weighted by molar-refractivity contribution is 0.0997. The molecule has 4 rings (SSSR count). The number of nitrogens with one attached hydrogen (secondary N) is 3. The zero-order valence-corrected chi connectivity index (χ0v) is 15.5. The number of carbonyl (C=O) groups is 2. The molecule has 2 aliphatic rings. The molecule has 8 heteroatoms. The molecule has 1 aromatic heterocycles. The van der Waals surface area contributed by atoms with Gasteiger partial charge < -0.3 is 14.8 Å². The summed E-state index contributed by atoms with van der Waals surface area (Å²) in [6, 6.07) is 11.6. The first-order valence-corrected chi connectivity index (χ1v) is 9.66. The van der Waals surface area contributed by atoms with Crippen molar-refractivity contribution in [2.24, 2.45) is 0 Å². The Bertz CT molecular complexity index is 819. The minimum atomic E-state index is -0.550. The van der Waals surface area contributed by atoms with Gasteiger partial charge in [-0.15, -0.1) is 0 Å². The molecule has 0 spiro atoms. The van der Waals surface area contributed by atoms with Gasteiger partial charge in [-0.05, 0) is 37.7 Å². The lowest BCUT2D eigenvalue weighted by Crippen LogP contribution is -2.29. The van der Waals surface area contributed by atoms with Gasteiger partial charge in [0.25, 0.3) is 0 Å². The molecule has 0 unspecified atom stereocenters. The fourth-order valence-electron chi connectivity index (χ4n) is 3.38. The Morgan fingerprint density at radius 3 is 2.71 bits per heavy atom. The predicted molar refractivity (Wildman–Crippen MR) is 102 cm³/mol. The minimum absolute atomic E-state index is 0.0840. The molecule has 28 heavy (non-hydrogen) atoms. The number of alkyl carbamates (subject to hydrolysis) is 1. The Morgan fingerprint density at radius 2 is 1.93 bits per heavy atom. The van der Waals surface area contributed by atoms with Crippen molar-refractivity contribution in [2.45, 2.75) is 56.8 Å². The zero-order chi connectivity index (χ0) is 19.3. The normalized spacial score (nSPS) is 21.1. The third kappa shape index (κ3) is 5.03. The number of carbonyl (C=O) groups excluding carboxylic acids is 2. The zero-order valence-electron chi connectivity index (χ0n) is 15.5. The molecule has 0 radical (unpaired) electrons. The number of anilines is 1. The van der Waals surface area contributed by atoms with E-state index >= 15 is 0 Å². The van der Waals surface area contributed by atoms with Crippen LogP contribution in [0.2, 0.25) is 0 Å². The summed E-state index contributed by atoms with van der Waals surface area (Å²) in [6.07, 6.45) is 3.61. The van der Waals surface area contributed by atoms with E-state index in [-0.39, 0.29) is 24.7 Å². The van der Waals surface area contributed by atoms with E-state index in [9.17, 15) is 9.59 Å². The summed E-state index contributed by atoms with van der Waals surface area (Å²) in [5.41, 5.74) is 1.84. The summed E-state index contributed by atoms with van der Waals surface area (Å²) in [5.74, 6) is 0.644. The number of hydrogen-bond donors (Lipinski definition) is 3. The van der Waals surface area contributed by atoms with Crippen molar-refractivity contribution >= 4 is 18.0 Å². The Hall–Kier alpha value is -3.03. The number of nitrogens with zero attached hydrogens (tertiary/aromatic N) is 1. The van der Waals surface area contributed by atoms with Crippen LogP contribution in [-0.4, -0.2) is 34.5 Å². The van der Waals surface area contributed by atoms with Gasteiger partial charge in [-0.2, -0.15) is 5.10 Å². The van der Waals surface area contributed by atoms with Crippen molar-refractivity contribution < 1.29 is 19.1 Å². The van der Waals surface area contributed by atoms with Crippen LogP contribution in [0.5, 0.6) is 0 Å². The molecule has 2 atom stereocenters. The SMILES string of the molecule is O=C(Nc1cc([C@H]2CC[C@@H](OC(=O)NC3CC3)C2)[nH]n1)OCc1ccccc1. The Morgan fingerprint density at radius 1 is 1.11 bits per heavy atom. The van der Waals surface area contributed by atoms with Gasteiger partial charge in [0.15, 0.2) is 5.82 Å². The molecule has 2 fully saturated rings. The molecule has 2 aliphatic carbocycles. The van der Waals surface area contributed by atoms with E-state index in [4.69, 9.17) is 9.47 Å². The van der Waals surface area contributed by atoms with Gasteiger partial charge in [0.2, 0.25) is 0 Å². The molecule has 148 valence electrons. The Labute approximate surface area is 163 Å². The number of amides is 2. The second kappa shape index (κ2) is 8.33. The Balaban J connectivity index is 1.22. The topological polar surface area (TPSA) is 105 Å². The van der Waals surface area contributed by atoms with Gasteiger partial charge in [0.05, 0.1) is 0 Å². The summed E-state index contributed by atoms with van der Waals surface area (Å²) >= 11 is 0. The average molecular weight is 384 g/mol. The number of aromatic amines is 1. The van der Waals surface area contributed by atoms with E-state index in [1.807, 2.05) is 30.3 Å². The predicted octanol–water partition coefficient (Wildman–Crippen LogP) is 3.68. The number of benzene rings is 1. The van der Waals surface area contributed by atoms with Crippen LogP contribution in [-0.2, 0) is 16.1 Å². The van der Waals surface area contributed by atoms with Crippen molar-refractivity contribution in [3.05, 3.63) is 47.7 Å². The van der Waals surface area contributed by atoms with E-state index in [1.165, 1.54) is 0 Å². The van der Waals surface area contributed by atoms with Crippen LogP contribution in [0.1, 0.15) is 49.3 Å². The van der Waals surface area contributed by atoms with Crippen LogP contribution < -0.4 is 10.6 Å². The van der Waals surface area contributed by atoms with Crippen LogP contribution >= 0.6 is 0 Å². The first kappa shape index (κ1) is 18.3. The highest BCUT2D eigenvalue weighted by atomic mass is 16.6. The fraction of sp³-hybridized carbons (Fsp3) is 0.450. The van der Waals surface area contributed by atoms with Crippen molar-refractivity contribution in [1.29, 1.82) is 0 Å². The van der Waals surface area contributed by atoms with E-state index < -0.39 is 6.09 Å². The summed E-state index contributed by atoms with van der Waals surface area (Å²) in [4.78, 5) is 23.7. The third-order valence-corrected chi connectivity index (χ3v) is 5.04. The molecule has 3 N–H and O–H groups in total. The van der Waals surface area contributed by atoms with E-state index in [1.54, 1.807) is 6.07 Å². The van der Waals surface area contributed by atoms with Gasteiger partial charge in [0, 0.05) is 23.7 Å². The molecule has 8 nitrogen and oxygen atoms in total. The highest BCUT2D eigenvalue weighted by Gasteiger charge is 2.31. The highest BCUT2D eigenvalue weighted by Crippen LogP contribution is 2.36. The lowest BCUT2D eigenvalue weighted by atomic mass is 10.0. The summed E-state index contributed by atoms with van der Waals surface area (Å²) in [5, 5.41) is 12.6. The quantitative estimate of drug-likeness (QED) is 0.704. The molecule has 0 saturated heterocycles. The molecule has 2 saturated carbocycles. The number of aromatic nitrogens is 2. The second-order valence-corrected chi connectivity index (χ2v) is 7.35. The van der Waals surface area contributed by atoms with Crippen LogP contribution in [0.3, 0.4) is 0 Å². The van der Waals surface area contributed by atoms with Crippen molar-refractivity contribution in [3.8, 4) is 0 Å². The van der Waals surface area contributed by atoms with Crippen LogP contribution in [0.25, 0.3) is 0 Å². The minimum Gasteiger partial charge on any atom is -0.446 e. The van der Waals surface area contributed by atoms with Gasteiger partial charge in [-0.1, -0.05) is 30.3 Å². The summed E-state index contributed by atoms with van der Waals surface area (Å²) in [7, 11) is 0. The smallest absolute Gasteiger partial charge is 0.413 e. The van der Waals surface area contributed by atoms with Crippen LogP contribution in [0.4, 0.5) is 15.4 Å². The average Bonchev–Trinajstić information content (AvgIpc) is 3.18. The lowest BCUT2D eigenvalue weighted by Gasteiger charge is -2.12. The highest BCUT2D eigenvalue weighted by molar-refractivity contribution is 5.83. The Kier molecular flexibility index (Phi) is 5.45. The molecule has 2 amide bonds. The van der Waals surface area contributed by atoms with Gasteiger partial charge in [0.1, 0.15) is 12.7 Å². The standard InChI is InChI=1S/C20H24N4O4/c25-19(27-12-13-4-2-1-3-5-13)22-18-11-17(23-24-18)14-6-9-16(10-14)28-20(26)21-15-7-8-15/h1-5,11,14-16H,6-10,12H2,(H,21,26)(H2,22,23,24,25)/t14-,16+/m0/s1. The summed E-state index contributed by atoms with van der Waals surface area (Å²) < 4.78 is 10.7. The van der Waals surface area contributed by atoms with Crippen molar-refractivity contribution in [3.63, 3.8) is 0 Å². The second-order valence-electron chi connectivity index (χ2n) is 7.35. The fourth-order valence-corrected chi connectivity index (χ4v) is 3.38.